The SMILES string of the molecule is CC(=O)c1sc(-c2ccccc2)cc1C(N)=O. The van der Waals surface area contributed by atoms with Gasteiger partial charge in [-0.25, -0.2) is 0 Å². The highest BCUT2D eigenvalue weighted by atomic mass is 32.1. The predicted octanol–water partition coefficient (Wildman–Crippen LogP) is 2.72. The van der Waals surface area contributed by atoms with Gasteiger partial charge >= 0.3 is 0 Å². The summed E-state index contributed by atoms with van der Waals surface area (Å²) in [7, 11) is 0. The third-order valence-electron chi connectivity index (χ3n) is 2.38. The third kappa shape index (κ3) is 2.26. The molecule has 1 aromatic heterocycles. The van der Waals surface area contributed by atoms with Crippen molar-refractivity contribution in [3.63, 3.8) is 0 Å². The van der Waals surface area contributed by atoms with Gasteiger partial charge in [-0.1, -0.05) is 30.3 Å². The molecule has 2 aromatic rings. The van der Waals surface area contributed by atoms with Crippen molar-refractivity contribution in [2.75, 3.05) is 0 Å². The zero-order chi connectivity index (χ0) is 12.4. The summed E-state index contributed by atoms with van der Waals surface area (Å²) in [5.74, 6) is -0.695. The molecule has 17 heavy (non-hydrogen) atoms. The van der Waals surface area contributed by atoms with Crippen LogP contribution >= 0.6 is 11.3 Å². The Morgan fingerprint density at radius 1 is 1.18 bits per heavy atom. The molecule has 0 aliphatic heterocycles. The maximum atomic E-state index is 11.4. The second-order valence-corrected chi connectivity index (χ2v) is 4.69. The zero-order valence-corrected chi connectivity index (χ0v) is 10.1. The fourth-order valence-electron chi connectivity index (χ4n) is 1.58. The minimum atomic E-state index is -0.561. The van der Waals surface area contributed by atoms with Crippen LogP contribution < -0.4 is 5.73 Å². The van der Waals surface area contributed by atoms with Crippen LogP contribution in [-0.4, -0.2) is 11.7 Å². The Kier molecular flexibility index (Phi) is 3.06. The van der Waals surface area contributed by atoms with Gasteiger partial charge in [-0.05, 0) is 18.6 Å². The predicted molar refractivity (Wildman–Crippen MR) is 68.3 cm³/mol. The summed E-state index contributed by atoms with van der Waals surface area (Å²) in [4.78, 5) is 24.0. The van der Waals surface area contributed by atoms with E-state index in [0.29, 0.717) is 10.4 Å². The van der Waals surface area contributed by atoms with Crippen molar-refractivity contribution >= 4 is 23.0 Å². The van der Waals surface area contributed by atoms with Crippen LogP contribution in [0.2, 0.25) is 0 Å². The number of hydrogen-bond donors (Lipinski definition) is 1. The lowest BCUT2D eigenvalue weighted by molar-refractivity contribution is 0.0976. The van der Waals surface area contributed by atoms with Gasteiger partial charge in [-0.3, -0.25) is 9.59 Å². The van der Waals surface area contributed by atoms with Crippen LogP contribution in [0, 0.1) is 0 Å². The Hall–Kier alpha value is -1.94. The fourth-order valence-corrected chi connectivity index (χ4v) is 2.64. The van der Waals surface area contributed by atoms with Crippen molar-refractivity contribution in [2.45, 2.75) is 6.92 Å². The lowest BCUT2D eigenvalue weighted by Gasteiger charge is -1.94. The molecule has 0 fully saturated rings. The minimum Gasteiger partial charge on any atom is -0.366 e. The first-order valence-corrected chi connectivity index (χ1v) is 5.91. The summed E-state index contributed by atoms with van der Waals surface area (Å²) in [5, 5.41) is 0. The Morgan fingerprint density at radius 3 is 2.29 bits per heavy atom. The van der Waals surface area contributed by atoms with Crippen LogP contribution in [0.15, 0.2) is 36.4 Å². The van der Waals surface area contributed by atoms with Gasteiger partial charge in [-0.2, -0.15) is 0 Å². The highest BCUT2D eigenvalue weighted by Crippen LogP contribution is 2.31. The second kappa shape index (κ2) is 4.51. The van der Waals surface area contributed by atoms with Crippen LogP contribution in [0.25, 0.3) is 10.4 Å². The summed E-state index contributed by atoms with van der Waals surface area (Å²) in [6, 6.07) is 11.3. The Morgan fingerprint density at radius 2 is 1.82 bits per heavy atom. The molecule has 1 amide bonds. The molecule has 0 aliphatic carbocycles. The van der Waals surface area contributed by atoms with Crippen LogP contribution in [-0.2, 0) is 0 Å². The number of benzene rings is 1. The van der Waals surface area contributed by atoms with E-state index in [1.807, 2.05) is 30.3 Å². The summed E-state index contributed by atoms with van der Waals surface area (Å²) >= 11 is 1.30. The summed E-state index contributed by atoms with van der Waals surface area (Å²) in [6.45, 7) is 1.44. The fraction of sp³-hybridized carbons (Fsp3) is 0.0769. The van der Waals surface area contributed by atoms with Gasteiger partial charge in [-0.15, -0.1) is 11.3 Å². The number of amides is 1. The highest BCUT2D eigenvalue weighted by Gasteiger charge is 2.17. The topological polar surface area (TPSA) is 60.2 Å². The van der Waals surface area contributed by atoms with Crippen molar-refractivity contribution in [3.8, 4) is 10.4 Å². The standard InChI is InChI=1S/C13H11NO2S/c1-8(15)12-10(13(14)16)7-11(17-12)9-5-3-2-4-6-9/h2-7H,1H3,(H2,14,16). The molecule has 1 aromatic carbocycles. The molecule has 0 saturated carbocycles. The molecule has 86 valence electrons. The first kappa shape index (κ1) is 11.5. The maximum absolute atomic E-state index is 11.4. The largest absolute Gasteiger partial charge is 0.366 e. The average molecular weight is 245 g/mol. The Bertz CT molecular complexity index is 541. The van der Waals surface area contributed by atoms with Crippen molar-refractivity contribution in [2.24, 2.45) is 5.73 Å². The summed E-state index contributed by atoms with van der Waals surface area (Å²) in [6.07, 6.45) is 0. The van der Waals surface area contributed by atoms with E-state index in [1.54, 1.807) is 6.07 Å². The Labute approximate surface area is 103 Å². The number of Topliss-reactive ketones (excluding diaryl/α,β-unsaturated/α-hetero) is 1. The van der Waals surface area contributed by atoms with Crippen LogP contribution in [0.3, 0.4) is 0 Å². The van der Waals surface area contributed by atoms with Crippen LogP contribution in [0.4, 0.5) is 0 Å². The molecule has 0 unspecified atom stereocenters. The van der Waals surface area contributed by atoms with E-state index >= 15 is 0 Å². The number of nitrogens with two attached hydrogens (primary N) is 1. The first-order chi connectivity index (χ1) is 8.09. The van der Waals surface area contributed by atoms with Gasteiger partial charge in [0.1, 0.15) is 0 Å². The van der Waals surface area contributed by atoms with Crippen LogP contribution in [0.1, 0.15) is 27.0 Å². The van der Waals surface area contributed by atoms with Gasteiger partial charge in [0.05, 0.1) is 10.4 Å². The maximum Gasteiger partial charge on any atom is 0.250 e. The molecule has 0 spiro atoms. The second-order valence-electron chi connectivity index (χ2n) is 3.64. The lowest BCUT2D eigenvalue weighted by Crippen LogP contribution is -2.12. The first-order valence-electron chi connectivity index (χ1n) is 5.09. The number of carbonyl (C=O) groups excluding carboxylic acids is 2. The molecular formula is C13H11NO2S. The number of rotatable bonds is 3. The Balaban J connectivity index is 2.55. The smallest absolute Gasteiger partial charge is 0.250 e. The molecule has 1 heterocycles. The van der Waals surface area contributed by atoms with Crippen molar-refractivity contribution in [3.05, 3.63) is 46.8 Å². The molecule has 4 heteroatoms. The number of primary amides is 1. The number of thiophene rings is 1. The van der Waals surface area contributed by atoms with Crippen molar-refractivity contribution < 1.29 is 9.59 Å². The van der Waals surface area contributed by atoms with Gasteiger partial charge in [0.2, 0.25) is 5.91 Å². The number of ketones is 1. The van der Waals surface area contributed by atoms with Gasteiger partial charge in [0.25, 0.3) is 0 Å². The molecule has 0 radical (unpaired) electrons. The van der Waals surface area contributed by atoms with Gasteiger partial charge in [0.15, 0.2) is 5.78 Å². The molecule has 2 rings (SSSR count). The molecule has 0 atom stereocenters. The van der Waals surface area contributed by atoms with E-state index in [-0.39, 0.29) is 5.78 Å². The summed E-state index contributed by atoms with van der Waals surface area (Å²) in [5.41, 5.74) is 6.55. The van der Waals surface area contributed by atoms with Gasteiger partial charge in [0, 0.05) is 4.88 Å². The van der Waals surface area contributed by atoms with E-state index in [4.69, 9.17) is 5.73 Å². The molecule has 0 bridgehead atoms. The molecule has 2 N–H and O–H groups in total. The monoisotopic (exact) mass is 245 g/mol. The number of hydrogen-bond acceptors (Lipinski definition) is 3. The molecular weight excluding hydrogens is 234 g/mol. The molecule has 0 aliphatic rings. The molecule has 3 nitrogen and oxygen atoms in total. The van der Waals surface area contributed by atoms with E-state index in [2.05, 4.69) is 0 Å². The third-order valence-corrected chi connectivity index (χ3v) is 3.66. The summed E-state index contributed by atoms with van der Waals surface area (Å²) < 4.78 is 0. The minimum absolute atomic E-state index is 0.133. The lowest BCUT2D eigenvalue weighted by atomic mass is 10.1. The van der Waals surface area contributed by atoms with E-state index in [9.17, 15) is 9.59 Å². The highest BCUT2D eigenvalue weighted by molar-refractivity contribution is 7.17. The van der Waals surface area contributed by atoms with E-state index in [1.165, 1.54) is 18.3 Å². The quantitative estimate of drug-likeness (QED) is 0.845. The van der Waals surface area contributed by atoms with Crippen molar-refractivity contribution in [1.82, 2.24) is 0 Å². The van der Waals surface area contributed by atoms with E-state index < -0.39 is 5.91 Å². The zero-order valence-electron chi connectivity index (χ0n) is 9.27. The normalized spacial score (nSPS) is 10.2. The molecule has 0 saturated heterocycles. The van der Waals surface area contributed by atoms with E-state index in [0.717, 1.165) is 10.4 Å². The van der Waals surface area contributed by atoms with Crippen molar-refractivity contribution in [1.29, 1.82) is 0 Å². The van der Waals surface area contributed by atoms with Gasteiger partial charge < -0.3 is 5.73 Å². The van der Waals surface area contributed by atoms with Crippen LogP contribution in [0.5, 0.6) is 0 Å². The number of carbonyl (C=O) groups is 2. The average Bonchev–Trinajstić information content (AvgIpc) is 2.75.